The third kappa shape index (κ3) is 4.33. The van der Waals surface area contributed by atoms with Gasteiger partial charge in [0.05, 0.1) is 11.4 Å². The fraction of sp³-hybridized carbons (Fsp3) is 0.294. The summed E-state index contributed by atoms with van der Waals surface area (Å²) in [5.41, 5.74) is 1.55. The molecule has 0 aliphatic rings. The summed E-state index contributed by atoms with van der Waals surface area (Å²) in [6.07, 6.45) is 1.81. The van der Waals surface area contributed by atoms with Crippen molar-refractivity contribution in [1.29, 1.82) is 0 Å². The van der Waals surface area contributed by atoms with E-state index in [1.54, 1.807) is 0 Å². The van der Waals surface area contributed by atoms with Crippen molar-refractivity contribution in [2.75, 3.05) is 10.8 Å². The average molecular weight is 303 g/mol. The summed E-state index contributed by atoms with van der Waals surface area (Å²) in [5.74, 6) is 0.0342. The minimum atomic E-state index is -3.37. The Morgan fingerprint density at radius 3 is 2.05 bits per heavy atom. The van der Waals surface area contributed by atoms with Crippen LogP contribution in [-0.2, 0) is 15.8 Å². The molecule has 0 unspecified atom stereocenters. The maximum absolute atomic E-state index is 12.7. The Labute approximate surface area is 127 Å². The topological polar surface area (TPSA) is 37.4 Å². The van der Waals surface area contributed by atoms with Crippen LogP contribution < -0.4 is 4.31 Å². The van der Waals surface area contributed by atoms with Gasteiger partial charge < -0.3 is 0 Å². The lowest BCUT2D eigenvalue weighted by atomic mass is 10.2. The minimum Gasteiger partial charge on any atom is -0.270 e. The van der Waals surface area contributed by atoms with Crippen molar-refractivity contribution in [2.45, 2.75) is 25.5 Å². The lowest BCUT2D eigenvalue weighted by Gasteiger charge is -2.24. The summed E-state index contributed by atoms with van der Waals surface area (Å²) in [4.78, 5) is 0. The van der Waals surface area contributed by atoms with E-state index in [0.29, 0.717) is 6.54 Å². The number of hydrogen-bond donors (Lipinski definition) is 0. The van der Waals surface area contributed by atoms with Gasteiger partial charge in [-0.25, -0.2) is 8.42 Å². The quantitative estimate of drug-likeness (QED) is 0.779. The van der Waals surface area contributed by atoms with Gasteiger partial charge in [0, 0.05) is 6.54 Å². The van der Waals surface area contributed by atoms with Crippen molar-refractivity contribution in [3.63, 3.8) is 0 Å². The molecule has 0 radical (unpaired) electrons. The van der Waals surface area contributed by atoms with Gasteiger partial charge in [-0.2, -0.15) is 0 Å². The van der Waals surface area contributed by atoms with Crippen LogP contribution in [0.1, 0.15) is 25.3 Å². The van der Waals surface area contributed by atoms with Crippen LogP contribution in [0.3, 0.4) is 0 Å². The van der Waals surface area contributed by atoms with E-state index in [0.717, 1.165) is 24.1 Å². The fourth-order valence-corrected chi connectivity index (χ4v) is 3.81. The number of sulfonamides is 1. The molecular weight excluding hydrogens is 282 g/mol. The molecule has 0 atom stereocenters. The minimum absolute atomic E-state index is 0.0342. The highest BCUT2D eigenvalue weighted by molar-refractivity contribution is 7.92. The number of unbranched alkanes of at least 4 members (excludes halogenated alkanes) is 1. The highest BCUT2D eigenvalue weighted by atomic mass is 32.2. The summed E-state index contributed by atoms with van der Waals surface area (Å²) in [7, 11) is -3.37. The number of benzene rings is 2. The van der Waals surface area contributed by atoms with Gasteiger partial charge in [-0.3, -0.25) is 4.31 Å². The lowest BCUT2D eigenvalue weighted by molar-refractivity contribution is 0.588. The van der Waals surface area contributed by atoms with E-state index in [9.17, 15) is 8.42 Å². The molecule has 0 spiro atoms. The third-order valence-electron chi connectivity index (χ3n) is 3.29. The summed E-state index contributed by atoms with van der Waals surface area (Å²) in [6, 6.07) is 18.6. The first kappa shape index (κ1) is 15.6. The molecule has 0 saturated heterocycles. The van der Waals surface area contributed by atoms with Gasteiger partial charge in [0.15, 0.2) is 0 Å². The molecule has 2 aromatic carbocycles. The molecule has 0 heterocycles. The monoisotopic (exact) mass is 303 g/mol. The SMILES string of the molecule is CCCCN(c1ccccc1)S(=O)(=O)Cc1ccccc1. The predicted octanol–water partition coefficient (Wildman–Crippen LogP) is 3.82. The van der Waals surface area contributed by atoms with Gasteiger partial charge in [-0.1, -0.05) is 61.9 Å². The van der Waals surface area contributed by atoms with Crippen LogP contribution >= 0.6 is 0 Å². The molecule has 21 heavy (non-hydrogen) atoms. The number of rotatable bonds is 7. The summed E-state index contributed by atoms with van der Waals surface area (Å²) in [5, 5.41) is 0. The van der Waals surface area contributed by atoms with Crippen molar-refractivity contribution >= 4 is 15.7 Å². The van der Waals surface area contributed by atoms with E-state index in [2.05, 4.69) is 6.92 Å². The molecule has 112 valence electrons. The highest BCUT2D eigenvalue weighted by Crippen LogP contribution is 2.21. The zero-order valence-electron chi connectivity index (χ0n) is 12.3. The van der Waals surface area contributed by atoms with Gasteiger partial charge >= 0.3 is 0 Å². The zero-order chi connectivity index (χ0) is 15.1. The molecule has 0 N–H and O–H groups in total. The van der Waals surface area contributed by atoms with Gasteiger partial charge in [0.1, 0.15) is 0 Å². The van der Waals surface area contributed by atoms with Crippen molar-refractivity contribution in [2.24, 2.45) is 0 Å². The Morgan fingerprint density at radius 1 is 0.905 bits per heavy atom. The summed E-state index contributed by atoms with van der Waals surface area (Å²) >= 11 is 0. The van der Waals surface area contributed by atoms with Crippen LogP contribution in [0, 0.1) is 0 Å². The normalized spacial score (nSPS) is 11.3. The first-order valence-electron chi connectivity index (χ1n) is 7.23. The van der Waals surface area contributed by atoms with E-state index in [-0.39, 0.29) is 5.75 Å². The molecule has 0 aliphatic heterocycles. The van der Waals surface area contributed by atoms with Crippen molar-refractivity contribution in [3.8, 4) is 0 Å². The lowest BCUT2D eigenvalue weighted by Crippen LogP contribution is -2.33. The second kappa shape index (κ2) is 7.27. The van der Waals surface area contributed by atoms with Gasteiger partial charge in [0.25, 0.3) is 0 Å². The van der Waals surface area contributed by atoms with E-state index in [4.69, 9.17) is 0 Å². The Morgan fingerprint density at radius 2 is 1.48 bits per heavy atom. The maximum Gasteiger partial charge on any atom is 0.239 e. The van der Waals surface area contributed by atoms with E-state index in [1.165, 1.54) is 4.31 Å². The molecule has 2 rings (SSSR count). The van der Waals surface area contributed by atoms with Crippen LogP contribution in [-0.4, -0.2) is 15.0 Å². The standard InChI is InChI=1S/C17H21NO2S/c1-2-3-14-18(17-12-8-5-9-13-17)21(19,20)15-16-10-6-4-7-11-16/h4-13H,2-3,14-15H2,1H3. The molecule has 0 saturated carbocycles. The van der Waals surface area contributed by atoms with Crippen molar-refractivity contribution in [1.82, 2.24) is 0 Å². The van der Waals surface area contributed by atoms with Crippen LogP contribution in [0.4, 0.5) is 5.69 Å². The maximum atomic E-state index is 12.7. The third-order valence-corrected chi connectivity index (χ3v) is 5.05. The number of nitrogens with zero attached hydrogens (tertiary/aromatic N) is 1. The van der Waals surface area contributed by atoms with Crippen molar-refractivity contribution < 1.29 is 8.42 Å². The molecule has 3 nitrogen and oxygen atoms in total. The predicted molar refractivity (Wildman–Crippen MR) is 87.8 cm³/mol. The first-order chi connectivity index (χ1) is 10.1. The molecular formula is C17H21NO2S. The number of hydrogen-bond acceptors (Lipinski definition) is 2. The van der Waals surface area contributed by atoms with Crippen molar-refractivity contribution in [3.05, 3.63) is 66.2 Å². The van der Waals surface area contributed by atoms with E-state index >= 15 is 0 Å². The fourth-order valence-electron chi connectivity index (χ4n) is 2.19. The number of anilines is 1. The molecule has 0 aromatic heterocycles. The molecule has 0 aliphatic carbocycles. The van der Waals surface area contributed by atoms with E-state index < -0.39 is 10.0 Å². The summed E-state index contributed by atoms with van der Waals surface area (Å²) < 4.78 is 27.0. The molecule has 2 aromatic rings. The second-order valence-corrected chi connectivity index (χ2v) is 6.90. The van der Waals surface area contributed by atoms with Crippen LogP contribution in [0.25, 0.3) is 0 Å². The number of para-hydroxylation sites is 1. The Balaban J connectivity index is 2.27. The Kier molecular flexibility index (Phi) is 5.39. The Bertz CT molecular complexity index is 639. The van der Waals surface area contributed by atoms with Gasteiger partial charge in [-0.05, 0) is 24.1 Å². The molecule has 4 heteroatoms. The Hall–Kier alpha value is -1.81. The first-order valence-corrected chi connectivity index (χ1v) is 8.84. The van der Waals surface area contributed by atoms with Crippen LogP contribution in [0.15, 0.2) is 60.7 Å². The van der Waals surface area contributed by atoms with Gasteiger partial charge in [0.2, 0.25) is 10.0 Å². The van der Waals surface area contributed by atoms with Crippen LogP contribution in [0.5, 0.6) is 0 Å². The smallest absolute Gasteiger partial charge is 0.239 e. The zero-order valence-corrected chi connectivity index (χ0v) is 13.1. The average Bonchev–Trinajstić information content (AvgIpc) is 2.49. The van der Waals surface area contributed by atoms with Gasteiger partial charge in [-0.15, -0.1) is 0 Å². The molecule has 0 fully saturated rings. The highest BCUT2D eigenvalue weighted by Gasteiger charge is 2.22. The molecule has 0 amide bonds. The largest absolute Gasteiger partial charge is 0.270 e. The summed E-state index contributed by atoms with van der Waals surface area (Å²) in [6.45, 7) is 2.59. The molecule has 0 bridgehead atoms. The van der Waals surface area contributed by atoms with Crippen LogP contribution in [0.2, 0.25) is 0 Å². The second-order valence-electron chi connectivity index (χ2n) is 5.00. The van der Waals surface area contributed by atoms with E-state index in [1.807, 2.05) is 60.7 Å².